The van der Waals surface area contributed by atoms with Crippen molar-refractivity contribution in [1.29, 1.82) is 0 Å². The van der Waals surface area contributed by atoms with Crippen LogP contribution in [0.5, 0.6) is 0 Å². The van der Waals surface area contributed by atoms with Crippen molar-refractivity contribution >= 4 is 23.2 Å². The van der Waals surface area contributed by atoms with E-state index in [0.29, 0.717) is 16.3 Å². The summed E-state index contributed by atoms with van der Waals surface area (Å²) in [4.78, 5) is 30.2. The maximum absolute atomic E-state index is 12.2. The van der Waals surface area contributed by atoms with Crippen LogP contribution < -0.4 is 11.3 Å². The van der Waals surface area contributed by atoms with Crippen LogP contribution in [0.3, 0.4) is 0 Å². The zero-order valence-electron chi connectivity index (χ0n) is 10.9. The monoisotopic (exact) mass is 290 g/mol. The molecule has 0 bridgehead atoms. The Labute approximate surface area is 120 Å². The first-order valence-corrected chi connectivity index (χ1v) is 6.69. The van der Waals surface area contributed by atoms with Crippen molar-refractivity contribution in [3.8, 4) is 0 Å². The van der Waals surface area contributed by atoms with Crippen LogP contribution in [-0.4, -0.2) is 28.7 Å². The third kappa shape index (κ3) is 3.19. The van der Waals surface area contributed by atoms with Gasteiger partial charge in [-0.3, -0.25) is 20.0 Å². The van der Waals surface area contributed by atoms with Crippen LogP contribution in [0.4, 0.5) is 0 Å². The van der Waals surface area contributed by atoms with E-state index in [-0.39, 0.29) is 5.91 Å². The van der Waals surface area contributed by atoms with Crippen molar-refractivity contribution in [3.05, 3.63) is 52.0 Å². The third-order valence-electron chi connectivity index (χ3n) is 2.64. The molecule has 3 N–H and O–H groups in total. The number of amides is 2. The Morgan fingerprint density at radius 3 is 2.70 bits per heavy atom. The summed E-state index contributed by atoms with van der Waals surface area (Å²) in [5.74, 6) is 4.50. The molecule has 2 aromatic rings. The number of carbonyl (C=O) groups excluding carboxylic acids is 2. The van der Waals surface area contributed by atoms with Gasteiger partial charge in [-0.25, -0.2) is 5.84 Å². The first-order valence-electron chi connectivity index (χ1n) is 5.88. The van der Waals surface area contributed by atoms with Gasteiger partial charge in [-0.15, -0.1) is 11.3 Å². The van der Waals surface area contributed by atoms with Crippen molar-refractivity contribution < 1.29 is 9.59 Å². The molecule has 2 rings (SSSR count). The van der Waals surface area contributed by atoms with Gasteiger partial charge >= 0.3 is 0 Å². The summed E-state index contributed by atoms with van der Waals surface area (Å²) in [7, 11) is 1.69. The Kier molecular flexibility index (Phi) is 4.44. The highest BCUT2D eigenvalue weighted by Gasteiger charge is 2.16. The number of thiophene rings is 1. The minimum atomic E-state index is -0.401. The Morgan fingerprint density at radius 2 is 2.05 bits per heavy atom. The molecule has 0 atom stereocenters. The zero-order chi connectivity index (χ0) is 14.5. The SMILES string of the molecule is CN(Cc1ccccn1)C(=O)c1ccc(C(=O)NN)s1. The maximum atomic E-state index is 12.2. The van der Waals surface area contributed by atoms with E-state index in [9.17, 15) is 9.59 Å². The number of aromatic nitrogens is 1. The lowest BCUT2D eigenvalue weighted by Gasteiger charge is -2.15. The van der Waals surface area contributed by atoms with Gasteiger partial charge in [0.2, 0.25) is 0 Å². The second-order valence-corrected chi connectivity index (χ2v) is 5.20. The van der Waals surface area contributed by atoms with Gasteiger partial charge in [-0.1, -0.05) is 6.07 Å². The van der Waals surface area contributed by atoms with Crippen molar-refractivity contribution in [1.82, 2.24) is 15.3 Å². The highest BCUT2D eigenvalue weighted by Crippen LogP contribution is 2.18. The van der Waals surface area contributed by atoms with Gasteiger partial charge in [0.05, 0.1) is 22.0 Å². The largest absolute Gasteiger partial charge is 0.335 e. The van der Waals surface area contributed by atoms with Crippen LogP contribution >= 0.6 is 11.3 Å². The number of nitrogens with two attached hydrogens (primary N) is 1. The zero-order valence-corrected chi connectivity index (χ0v) is 11.7. The van der Waals surface area contributed by atoms with Crippen LogP contribution in [0, 0.1) is 0 Å². The van der Waals surface area contributed by atoms with E-state index in [1.165, 1.54) is 0 Å². The maximum Gasteiger partial charge on any atom is 0.275 e. The van der Waals surface area contributed by atoms with E-state index >= 15 is 0 Å². The Balaban J connectivity index is 2.07. The van der Waals surface area contributed by atoms with E-state index in [1.807, 2.05) is 23.6 Å². The molecule has 0 aliphatic rings. The second-order valence-electron chi connectivity index (χ2n) is 4.12. The second kappa shape index (κ2) is 6.27. The fourth-order valence-corrected chi connectivity index (χ4v) is 2.54. The molecule has 6 nitrogen and oxygen atoms in total. The lowest BCUT2D eigenvalue weighted by molar-refractivity contribution is 0.0788. The molecule has 7 heteroatoms. The Bertz CT molecular complexity index is 612. The highest BCUT2D eigenvalue weighted by molar-refractivity contribution is 7.15. The van der Waals surface area contributed by atoms with Gasteiger partial charge in [-0.05, 0) is 24.3 Å². The molecular formula is C13H14N4O2S. The molecule has 0 radical (unpaired) electrons. The number of hydrogen-bond acceptors (Lipinski definition) is 5. The van der Waals surface area contributed by atoms with Crippen molar-refractivity contribution in [2.75, 3.05) is 7.05 Å². The van der Waals surface area contributed by atoms with Crippen LogP contribution in [0.2, 0.25) is 0 Å². The normalized spacial score (nSPS) is 10.1. The molecule has 0 fully saturated rings. The molecular weight excluding hydrogens is 276 g/mol. The third-order valence-corrected chi connectivity index (χ3v) is 3.72. The van der Waals surface area contributed by atoms with Crippen LogP contribution in [-0.2, 0) is 6.54 Å². The molecule has 0 aliphatic carbocycles. The topological polar surface area (TPSA) is 88.3 Å². The predicted molar refractivity (Wildman–Crippen MR) is 76.0 cm³/mol. The molecule has 0 aromatic carbocycles. The van der Waals surface area contributed by atoms with Crippen LogP contribution in [0.1, 0.15) is 25.0 Å². The Hall–Kier alpha value is -2.25. The van der Waals surface area contributed by atoms with E-state index in [1.54, 1.807) is 30.3 Å². The molecule has 20 heavy (non-hydrogen) atoms. The minimum absolute atomic E-state index is 0.156. The summed E-state index contributed by atoms with van der Waals surface area (Å²) in [5.41, 5.74) is 2.84. The number of nitrogens with one attached hydrogen (secondary N) is 1. The van der Waals surface area contributed by atoms with E-state index in [4.69, 9.17) is 5.84 Å². The quantitative estimate of drug-likeness (QED) is 0.500. The molecule has 0 aliphatic heterocycles. The number of nitrogens with zero attached hydrogens (tertiary/aromatic N) is 2. The van der Waals surface area contributed by atoms with Gasteiger partial charge in [0.1, 0.15) is 0 Å². The van der Waals surface area contributed by atoms with Gasteiger partial charge < -0.3 is 4.90 Å². The fraction of sp³-hybridized carbons (Fsp3) is 0.154. The van der Waals surface area contributed by atoms with Gasteiger partial charge in [0, 0.05) is 13.2 Å². The predicted octanol–water partition coefficient (Wildman–Crippen LogP) is 1.02. The molecule has 0 saturated heterocycles. The number of pyridine rings is 1. The number of rotatable bonds is 4. The first kappa shape index (κ1) is 14.2. The molecule has 0 spiro atoms. The highest BCUT2D eigenvalue weighted by atomic mass is 32.1. The summed E-state index contributed by atoms with van der Waals surface area (Å²) in [5, 5.41) is 0. The number of hydrazine groups is 1. The Morgan fingerprint density at radius 1 is 1.30 bits per heavy atom. The molecule has 2 aromatic heterocycles. The smallest absolute Gasteiger partial charge is 0.275 e. The standard InChI is InChI=1S/C13H14N4O2S/c1-17(8-9-4-2-3-7-15-9)13(19)11-6-5-10(20-11)12(18)16-14/h2-7H,8,14H2,1H3,(H,16,18). The van der Waals surface area contributed by atoms with E-state index in [0.717, 1.165) is 17.0 Å². The summed E-state index contributed by atoms with van der Waals surface area (Å²) >= 11 is 1.11. The first-order chi connectivity index (χ1) is 9.61. The minimum Gasteiger partial charge on any atom is -0.335 e. The van der Waals surface area contributed by atoms with Gasteiger partial charge in [0.15, 0.2) is 0 Å². The number of nitrogen functional groups attached to an aromatic ring is 1. The lowest BCUT2D eigenvalue weighted by atomic mass is 10.3. The molecule has 0 saturated carbocycles. The lowest BCUT2D eigenvalue weighted by Crippen LogP contribution is -2.29. The molecule has 104 valence electrons. The van der Waals surface area contributed by atoms with E-state index in [2.05, 4.69) is 4.98 Å². The van der Waals surface area contributed by atoms with E-state index < -0.39 is 5.91 Å². The number of carbonyl (C=O) groups is 2. The summed E-state index contributed by atoms with van der Waals surface area (Å²) in [6, 6.07) is 8.74. The molecule has 2 amide bonds. The van der Waals surface area contributed by atoms with Crippen molar-refractivity contribution in [2.45, 2.75) is 6.54 Å². The van der Waals surface area contributed by atoms with Crippen LogP contribution in [0.15, 0.2) is 36.5 Å². The summed E-state index contributed by atoms with van der Waals surface area (Å²) < 4.78 is 0. The van der Waals surface area contributed by atoms with Crippen molar-refractivity contribution in [2.24, 2.45) is 5.84 Å². The van der Waals surface area contributed by atoms with Gasteiger partial charge in [0.25, 0.3) is 11.8 Å². The number of hydrogen-bond donors (Lipinski definition) is 2. The summed E-state index contributed by atoms with van der Waals surface area (Å²) in [6.45, 7) is 0.413. The average Bonchev–Trinajstić information content (AvgIpc) is 2.96. The molecule has 2 heterocycles. The average molecular weight is 290 g/mol. The molecule has 0 unspecified atom stereocenters. The summed E-state index contributed by atoms with van der Waals surface area (Å²) in [6.07, 6.45) is 1.68. The fourth-order valence-electron chi connectivity index (χ4n) is 1.64. The van der Waals surface area contributed by atoms with Crippen LogP contribution in [0.25, 0.3) is 0 Å². The van der Waals surface area contributed by atoms with Crippen molar-refractivity contribution in [3.63, 3.8) is 0 Å². The van der Waals surface area contributed by atoms with Gasteiger partial charge in [-0.2, -0.15) is 0 Å².